The number of nitrogens with one attached hydrogen (secondary N) is 1. The van der Waals surface area contributed by atoms with E-state index in [1.807, 2.05) is 30.3 Å². The number of carbonyl (C=O) groups is 1. The molecule has 2 aromatic rings. The Labute approximate surface area is 135 Å². The average molecular weight is 335 g/mol. The SMILES string of the molecule is CC(C)(NC(=O)c1cc(S(C)(=O)=O)ccc1F)c1ccccc1. The molecular weight excluding hydrogens is 317 g/mol. The van der Waals surface area contributed by atoms with Crippen LogP contribution in [0, 0.1) is 5.82 Å². The van der Waals surface area contributed by atoms with Gasteiger partial charge in [-0.1, -0.05) is 30.3 Å². The lowest BCUT2D eigenvalue weighted by atomic mass is 9.94. The third-order valence-electron chi connectivity index (χ3n) is 3.53. The fraction of sp³-hybridized carbons (Fsp3) is 0.235. The first-order valence-electron chi connectivity index (χ1n) is 6.99. The molecule has 0 saturated carbocycles. The van der Waals surface area contributed by atoms with E-state index in [0.717, 1.165) is 30.0 Å². The zero-order valence-corrected chi connectivity index (χ0v) is 13.9. The van der Waals surface area contributed by atoms with Crippen molar-refractivity contribution in [3.05, 3.63) is 65.5 Å². The van der Waals surface area contributed by atoms with Gasteiger partial charge >= 0.3 is 0 Å². The van der Waals surface area contributed by atoms with Crippen molar-refractivity contribution in [2.75, 3.05) is 6.26 Å². The molecule has 0 radical (unpaired) electrons. The zero-order valence-electron chi connectivity index (χ0n) is 13.1. The van der Waals surface area contributed by atoms with Crippen LogP contribution in [-0.2, 0) is 15.4 Å². The quantitative estimate of drug-likeness (QED) is 0.874. The van der Waals surface area contributed by atoms with Gasteiger partial charge in [0, 0.05) is 6.26 Å². The lowest BCUT2D eigenvalue weighted by Crippen LogP contribution is -2.41. The van der Waals surface area contributed by atoms with E-state index in [9.17, 15) is 17.6 Å². The molecule has 1 amide bonds. The summed E-state index contributed by atoms with van der Waals surface area (Å²) in [6.45, 7) is 3.58. The molecule has 0 aliphatic rings. The molecular formula is C17H18FNO3S. The van der Waals surface area contributed by atoms with Gasteiger partial charge in [-0.2, -0.15) is 0 Å². The van der Waals surface area contributed by atoms with Gasteiger partial charge in [0.25, 0.3) is 5.91 Å². The van der Waals surface area contributed by atoms with Crippen LogP contribution in [-0.4, -0.2) is 20.6 Å². The van der Waals surface area contributed by atoms with Crippen molar-refractivity contribution in [3.8, 4) is 0 Å². The Bertz CT molecular complexity index is 830. The van der Waals surface area contributed by atoms with Gasteiger partial charge < -0.3 is 5.32 Å². The minimum absolute atomic E-state index is 0.0958. The Morgan fingerprint density at radius 2 is 1.70 bits per heavy atom. The number of hydrogen-bond acceptors (Lipinski definition) is 3. The first kappa shape index (κ1) is 17.1. The van der Waals surface area contributed by atoms with Crippen molar-refractivity contribution >= 4 is 15.7 Å². The van der Waals surface area contributed by atoms with Crippen molar-refractivity contribution in [2.45, 2.75) is 24.3 Å². The number of rotatable bonds is 4. The van der Waals surface area contributed by atoms with Gasteiger partial charge in [-0.05, 0) is 37.6 Å². The third kappa shape index (κ3) is 3.96. The summed E-state index contributed by atoms with van der Waals surface area (Å²) in [5.41, 5.74) is -0.170. The highest BCUT2D eigenvalue weighted by Gasteiger charge is 2.25. The van der Waals surface area contributed by atoms with E-state index in [1.165, 1.54) is 0 Å². The van der Waals surface area contributed by atoms with Crippen molar-refractivity contribution < 1.29 is 17.6 Å². The Morgan fingerprint density at radius 1 is 1.09 bits per heavy atom. The summed E-state index contributed by atoms with van der Waals surface area (Å²) < 4.78 is 37.1. The molecule has 2 aromatic carbocycles. The predicted octanol–water partition coefficient (Wildman–Crippen LogP) is 2.89. The molecule has 0 fully saturated rings. The molecule has 0 saturated heterocycles. The Kier molecular flexibility index (Phi) is 4.56. The van der Waals surface area contributed by atoms with E-state index in [2.05, 4.69) is 5.32 Å². The molecule has 0 aliphatic carbocycles. The van der Waals surface area contributed by atoms with Crippen LogP contribution in [0.4, 0.5) is 4.39 Å². The second-order valence-electron chi connectivity index (χ2n) is 5.86. The summed E-state index contributed by atoms with van der Waals surface area (Å²) in [5.74, 6) is -1.43. The predicted molar refractivity (Wildman–Crippen MR) is 86.4 cm³/mol. The Balaban J connectivity index is 2.34. The topological polar surface area (TPSA) is 63.2 Å². The summed E-state index contributed by atoms with van der Waals surface area (Å²) in [5, 5.41) is 2.73. The van der Waals surface area contributed by atoms with Crippen molar-refractivity contribution in [3.63, 3.8) is 0 Å². The maximum Gasteiger partial charge on any atom is 0.254 e. The number of halogens is 1. The van der Waals surface area contributed by atoms with Crippen molar-refractivity contribution in [2.24, 2.45) is 0 Å². The standard InChI is InChI=1S/C17H18FNO3S/c1-17(2,12-7-5-4-6-8-12)19-16(20)14-11-13(23(3,21)22)9-10-15(14)18/h4-11H,1-3H3,(H,19,20). The van der Waals surface area contributed by atoms with Gasteiger partial charge in [0.05, 0.1) is 16.0 Å². The summed E-state index contributed by atoms with van der Waals surface area (Å²) in [7, 11) is -3.52. The Hall–Kier alpha value is -2.21. The molecule has 0 atom stereocenters. The second-order valence-corrected chi connectivity index (χ2v) is 7.87. The number of benzene rings is 2. The maximum absolute atomic E-state index is 13.9. The van der Waals surface area contributed by atoms with Crippen LogP contribution >= 0.6 is 0 Å². The molecule has 0 unspecified atom stereocenters. The molecule has 0 heterocycles. The first-order valence-corrected chi connectivity index (χ1v) is 8.88. The summed E-state index contributed by atoms with van der Waals surface area (Å²) >= 11 is 0. The molecule has 122 valence electrons. The van der Waals surface area contributed by atoms with Crippen molar-refractivity contribution in [1.82, 2.24) is 5.32 Å². The molecule has 23 heavy (non-hydrogen) atoms. The van der Waals surface area contributed by atoms with E-state index in [4.69, 9.17) is 0 Å². The molecule has 1 N–H and O–H groups in total. The van der Waals surface area contributed by atoms with Crippen LogP contribution in [0.1, 0.15) is 29.8 Å². The number of carbonyl (C=O) groups excluding carboxylic acids is 1. The summed E-state index contributed by atoms with van der Waals surface area (Å²) in [4.78, 5) is 12.3. The molecule has 6 heteroatoms. The van der Waals surface area contributed by atoms with Crippen LogP contribution < -0.4 is 5.32 Å². The van der Waals surface area contributed by atoms with Gasteiger partial charge in [0.1, 0.15) is 5.82 Å². The molecule has 0 spiro atoms. The van der Waals surface area contributed by atoms with Gasteiger partial charge in [-0.3, -0.25) is 4.79 Å². The number of sulfone groups is 1. The Morgan fingerprint density at radius 3 is 2.26 bits per heavy atom. The van der Waals surface area contributed by atoms with E-state index in [1.54, 1.807) is 13.8 Å². The van der Waals surface area contributed by atoms with Crippen LogP contribution in [0.3, 0.4) is 0 Å². The van der Waals surface area contributed by atoms with Gasteiger partial charge in [0.15, 0.2) is 9.84 Å². The fourth-order valence-corrected chi connectivity index (χ4v) is 2.83. The van der Waals surface area contributed by atoms with Gasteiger partial charge in [-0.15, -0.1) is 0 Å². The van der Waals surface area contributed by atoms with Gasteiger partial charge in [0.2, 0.25) is 0 Å². The molecule has 4 nitrogen and oxygen atoms in total. The normalized spacial score (nSPS) is 12.0. The molecule has 0 aliphatic heterocycles. The highest BCUT2D eigenvalue weighted by molar-refractivity contribution is 7.90. The minimum Gasteiger partial charge on any atom is -0.343 e. The average Bonchev–Trinajstić information content (AvgIpc) is 2.47. The summed E-state index contributed by atoms with van der Waals surface area (Å²) in [6.07, 6.45) is 1.01. The van der Waals surface area contributed by atoms with Crippen LogP contribution in [0.25, 0.3) is 0 Å². The lowest BCUT2D eigenvalue weighted by Gasteiger charge is -2.27. The molecule has 0 aromatic heterocycles. The number of hydrogen-bond donors (Lipinski definition) is 1. The zero-order chi connectivity index (χ0) is 17.3. The fourth-order valence-electron chi connectivity index (χ4n) is 2.19. The lowest BCUT2D eigenvalue weighted by molar-refractivity contribution is 0.0907. The highest BCUT2D eigenvalue weighted by atomic mass is 32.2. The highest BCUT2D eigenvalue weighted by Crippen LogP contribution is 2.21. The minimum atomic E-state index is -3.52. The van der Waals surface area contributed by atoms with E-state index >= 15 is 0 Å². The number of amides is 1. The van der Waals surface area contributed by atoms with E-state index in [-0.39, 0.29) is 10.5 Å². The first-order chi connectivity index (χ1) is 10.6. The van der Waals surface area contributed by atoms with Crippen molar-refractivity contribution in [1.29, 1.82) is 0 Å². The maximum atomic E-state index is 13.9. The van der Waals surface area contributed by atoms with Crippen LogP contribution in [0.5, 0.6) is 0 Å². The monoisotopic (exact) mass is 335 g/mol. The second kappa shape index (κ2) is 6.12. The largest absolute Gasteiger partial charge is 0.343 e. The third-order valence-corrected chi connectivity index (χ3v) is 4.64. The molecule has 0 bridgehead atoms. The summed E-state index contributed by atoms with van der Waals surface area (Å²) in [6, 6.07) is 12.4. The van der Waals surface area contributed by atoms with E-state index < -0.39 is 27.1 Å². The van der Waals surface area contributed by atoms with Crippen LogP contribution in [0.15, 0.2) is 53.4 Å². The van der Waals surface area contributed by atoms with Gasteiger partial charge in [-0.25, -0.2) is 12.8 Å². The van der Waals surface area contributed by atoms with Crippen LogP contribution in [0.2, 0.25) is 0 Å². The molecule has 2 rings (SSSR count). The smallest absolute Gasteiger partial charge is 0.254 e. The van der Waals surface area contributed by atoms with E-state index in [0.29, 0.717) is 0 Å².